The molecule has 1 aromatic heterocycles. The summed E-state index contributed by atoms with van der Waals surface area (Å²) >= 11 is 0. The van der Waals surface area contributed by atoms with Gasteiger partial charge in [0.1, 0.15) is 5.82 Å². The second-order valence-electron chi connectivity index (χ2n) is 7.23. The van der Waals surface area contributed by atoms with E-state index in [0.29, 0.717) is 37.8 Å². The van der Waals surface area contributed by atoms with Gasteiger partial charge in [-0.05, 0) is 36.8 Å². The predicted octanol–water partition coefficient (Wildman–Crippen LogP) is 3.40. The van der Waals surface area contributed by atoms with Crippen LogP contribution in [-0.2, 0) is 15.7 Å². The number of aryl methyl sites for hydroxylation is 1. The minimum Gasteiger partial charge on any atom is -0.378 e. The zero-order valence-electron chi connectivity index (χ0n) is 17.5. The van der Waals surface area contributed by atoms with Crippen molar-refractivity contribution in [3.8, 4) is 0 Å². The minimum atomic E-state index is -4.54. The van der Waals surface area contributed by atoms with Gasteiger partial charge in [-0.1, -0.05) is 6.07 Å². The highest BCUT2D eigenvalue weighted by atomic mass is 19.4. The van der Waals surface area contributed by atoms with E-state index in [1.54, 1.807) is 18.3 Å². The van der Waals surface area contributed by atoms with Crippen molar-refractivity contribution in [1.29, 1.82) is 0 Å². The normalized spacial score (nSPS) is 14.1. The van der Waals surface area contributed by atoms with E-state index in [1.807, 2.05) is 11.8 Å². The lowest BCUT2D eigenvalue weighted by molar-refractivity contribution is -0.137. The number of nitrogens with one attached hydrogen (secondary N) is 3. The molecule has 0 saturated carbocycles. The number of pyridine rings is 1. The number of alkyl halides is 3. The van der Waals surface area contributed by atoms with E-state index in [9.17, 15) is 22.8 Å². The molecular weight excluding hydrogens is 427 g/mol. The summed E-state index contributed by atoms with van der Waals surface area (Å²) < 4.78 is 44.8. The largest absolute Gasteiger partial charge is 0.416 e. The highest BCUT2D eigenvalue weighted by Gasteiger charge is 2.32. The number of nitrogens with zero attached hydrogens (tertiary/aromatic N) is 2. The third-order valence-corrected chi connectivity index (χ3v) is 4.74. The van der Waals surface area contributed by atoms with Gasteiger partial charge in [0.2, 0.25) is 5.91 Å². The molecule has 1 fully saturated rings. The summed E-state index contributed by atoms with van der Waals surface area (Å²) in [5.74, 6) is 0.0406. The first-order valence-electron chi connectivity index (χ1n) is 10.0. The molecule has 2 heterocycles. The number of amides is 3. The number of anilines is 3. The molecule has 11 heteroatoms. The molecule has 1 aliphatic heterocycles. The van der Waals surface area contributed by atoms with Crippen molar-refractivity contribution in [2.75, 3.05) is 48.4 Å². The molecule has 3 N–H and O–H groups in total. The molecular formula is C21H24F3N5O3. The average molecular weight is 451 g/mol. The molecule has 0 radical (unpaired) electrons. The van der Waals surface area contributed by atoms with Crippen LogP contribution in [0.25, 0.3) is 0 Å². The average Bonchev–Trinajstić information content (AvgIpc) is 2.75. The number of urea groups is 1. The van der Waals surface area contributed by atoms with Crippen LogP contribution in [0.3, 0.4) is 0 Å². The van der Waals surface area contributed by atoms with Gasteiger partial charge in [0.25, 0.3) is 0 Å². The van der Waals surface area contributed by atoms with E-state index in [0.717, 1.165) is 17.7 Å². The van der Waals surface area contributed by atoms with Crippen molar-refractivity contribution in [3.05, 3.63) is 47.7 Å². The van der Waals surface area contributed by atoms with E-state index in [-0.39, 0.29) is 24.6 Å². The molecule has 1 aromatic carbocycles. The second kappa shape index (κ2) is 10.3. The van der Waals surface area contributed by atoms with Crippen molar-refractivity contribution in [2.24, 2.45) is 0 Å². The van der Waals surface area contributed by atoms with Crippen LogP contribution in [0.5, 0.6) is 0 Å². The van der Waals surface area contributed by atoms with Crippen molar-refractivity contribution in [1.82, 2.24) is 10.3 Å². The summed E-state index contributed by atoms with van der Waals surface area (Å²) in [5, 5.41) is 7.57. The Labute approximate surface area is 183 Å². The highest BCUT2D eigenvalue weighted by molar-refractivity contribution is 5.94. The Morgan fingerprint density at radius 3 is 2.53 bits per heavy atom. The van der Waals surface area contributed by atoms with Gasteiger partial charge in [0, 0.05) is 32.3 Å². The molecule has 0 atom stereocenters. The zero-order valence-corrected chi connectivity index (χ0v) is 17.5. The Morgan fingerprint density at radius 1 is 1.12 bits per heavy atom. The fourth-order valence-electron chi connectivity index (χ4n) is 3.10. The molecule has 1 saturated heterocycles. The molecule has 3 amide bonds. The third-order valence-electron chi connectivity index (χ3n) is 4.74. The highest BCUT2D eigenvalue weighted by Crippen LogP contribution is 2.35. The maximum Gasteiger partial charge on any atom is 0.416 e. The molecule has 8 nitrogen and oxygen atoms in total. The number of carbonyl (C=O) groups excluding carboxylic acids is 2. The fourth-order valence-corrected chi connectivity index (χ4v) is 3.10. The third kappa shape index (κ3) is 6.58. The number of hydrogen-bond donors (Lipinski definition) is 3. The number of carbonyl (C=O) groups is 2. The van der Waals surface area contributed by atoms with Crippen LogP contribution < -0.4 is 20.9 Å². The maximum atomic E-state index is 13.2. The van der Waals surface area contributed by atoms with Crippen LogP contribution >= 0.6 is 0 Å². The SMILES string of the molecule is Cc1ccc(NC(=O)CCNC(=O)Nc2cc(C(F)(F)F)ccc2N2CCOCC2)nc1. The lowest BCUT2D eigenvalue weighted by Gasteiger charge is -2.31. The molecule has 2 aromatic rings. The van der Waals surface area contributed by atoms with Crippen LogP contribution in [0.2, 0.25) is 0 Å². The summed E-state index contributed by atoms with van der Waals surface area (Å²) in [4.78, 5) is 30.2. The van der Waals surface area contributed by atoms with Crippen molar-refractivity contribution in [3.63, 3.8) is 0 Å². The van der Waals surface area contributed by atoms with Gasteiger partial charge in [-0.2, -0.15) is 13.2 Å². The van der Waals surface area contributed by atoms with E-state index in [2.05, 4.69) is 20.9 Å². The Kier molecular flexibility index (Phi) is 7.52. The van der Waals surface area contributed by atoms with Gasteiger partial charge in [-0.15, -0.1) is 0 Å². The van der Waals surface area contributed by atoms with Crippen LogP contribution in [0.15, 0.2) is 36.5 Å². The zero-order chi connectivity index (χ0) is 23.1. The van der Waals surface area contributed by atoms with Crippen LogP contribution in [0.1, 0.15) is 17.5 Å². The molecule has 0 bridgehead atoms. The van der Waals surface area contributed by atoms with E-state index >= 15 is 0 Å². The Bertz CT molecular complexity index is 945. The first kappa shape index (κ1) is 23.3. The lowest BCUT2D eigenvalue weighted by atomic mass is 10.1. The number of aromatic nitrogens is 1. The number of hydrogen-bond acceptors (Lipinski definition) is 5. The summed E-state index contributed by atoms with van der Waals surface area (Å²) in [6, 6.07) is 5.98. The van der Waals surface area contributed by atoms with E-state index in [4.69, 9.17) is 4.74 Å². The number of halogens is 3. The van der Waals surface area contributed by atoms with E-state index < -0.39 is 17.8 Å². The number of morpholine rings is 1. The first-order chi connectivity index (χ1) is 15.2. The topological polar surface area (TPSA) is 95.6 Å². The van der Waals surface area contributed by atoms with Crippen molar-refractivity contribution in [2.45, 2.75) is 19.5 Å². The van der Waals surface area contributed by atoms with Crippen LogP contribution in [0.4, 0.5) is 35.2 Å². The summed E-state index contributed by atoms with van der Waals surface area (Å²) in [6.45, 7) is 3.74. The summed E-state index contributed by atoms with van der Waals surface area (Å²) in [7, 11) is 0. The molecule has 172 valence electrons. The quantitative estimate of drug-likeness (QED) is 0.626. The standard InChI is InChI=1S/C21H24F3N5O3/c1-14-2-5-18(26-13-14)28-19(30)6-7-25-20(31)27-16-12-15(21(22,23)24)3-4-17(16)29-8-10-32-11-9-29/h2-5,12-13H,6-11H2,1H3,(H2,25,27,31)(H,26,28,30). The number of ether oxygens (including phenoxy) is 1. The number of benzene rings is 1. The van der Waals surface area contributed by atoms with Crippen molar-refractivity contribution < 1.29 is 27.5 Å². The van der Waals surface area contributed by atoms with Crippen LogP contribution in [-0.4, -0.2) is 49.8 Å². The van der Waals surface area contributed by atoms with Crippen LogP contribution in [0, 0.1) is 6.92 Å². The first-order valence-corrected chi connectivity index (χ1v) is 10.0. The van der Waals surface area contributed by atoms with Gasteiger partial charge in [-0.25, -0.2) is 9.78 Å². The predicted molar refractivity (Wildman–Crippen MR) is 114 cm³/mol. The summed E-state index contributed by atoms with van der Waals surface area (Å²) in [6.07, 6.45) is -2.96. The Morgan fingerprint density at radius 2 is 1.88 bits per heavy atom. The molecule has 0 unspecified atom stereocenters. The van der Waals surface area contributed by atoms with E-state index in [1.165, 1.54) is 6.07 Å². The smallest absolute Gasteiger partial charge is 0.378 e. The fraction of sp³-hybridized carbons (Fsp3) is 0.381. The van der Waals surface area contributed by atoms with Gasteiger partial charge in [-0.3, -0.25) is 4.79 Å². The van der Waals surface area contributed by atoms with Gasteiger partial charge >= 0.3 is 12.2 Å². The Hall–Kier alpha value is -3.34. The molecule has 0 aliphatic carbocycles. The molecule has 1 aliphatic rings. The lowest BCUT2D eigenvalue weighted by Crippen LogP contribution is -2.37. The monoisotopic (exact) mass is 451 g/mol. The van der Waals surface area contributed by atoms with Gasteiger partial charge in [0.05, 0.1) is 30.2 Å². The minimum absolute atomic E-state index is 0.00459. The molecule has 32 heavy (non-hydrogen) atoms. The molecule has 0 spiro atoms. The summed E-state index contributed by atoms with van der Waals surface area (Å²) in [5.41, 5.74) is 0.592. The van der Waals surface area contributed by atoms with Crippen molar-refractivity contribution >= 4 is 29.1 Å². The van der Waals surface area contributed by atoms with Gasteiger partial charge < -0.3 is 25.6 Å². The maximum absolute atomic E-state index is 13.2. The number of rotatable bonds is 6. The molecule has 3 rings (SSSR count). The Balaban J connectivity index is 1.58. The van der Waals surface area contributed by atoms with Gasteiger partial charge in [0.15, 0.2) is 0 Å². The second-order valence-corrected chi connectivity index (χ2v) is 7.23.